The van der Waals surface area contributed by atoms with Crippen LogP contribution in [0.4, 0.5) is 10.6 Å². The first kappa shape index (κ1) is 17.4. The Balaban J connectivity index is 1.75. The molecule has 9 heteroatoms. The number of morpholine rings is 1. The quantitative estimate of drug-likeness (QED) is 0.806. The van der Waals surface area contributed by atoms with Gasteiger partial charge in [0.1, 0.15) is 11.6 Å². The molecule has 0 aliphatic carbocycles. The van der Waals surface area contributed by atoms with Gasteiger partial charge in [0.2, 0.25) is 0 Å². The van der Waals surface area contributed by atoms with Gasteiger partial charge in [0.15, 0.2) is 0 Å². The number of hydrogen-bond donors (Lipinski definition) is 1. The Morgan fingerprint density at radius 2 is 1.92 bits per heavy atom. The van der Waals surface area contributed by atoms with Crippen molar-refractivity contribution < 1.29 is 19.4 Å². The van der Waals surface area contributed by atoms with Gasteiger partial charge in [-0.25, -0.2) is 14.8 Å². The van der Waals surface area contributed by atoms with Gasteiger partial charge in [0, 0.05) is 45.5 Å². The lowest BCUT2D eigenvalue weighted by atomic mass is 10.1. The van der Waals surface area contributed by atoms with E-state index in [-0.39, 0.29) is 12.6 Å². The highest BCUT2D eigenvalue weighted by Gasteiger charge is 2.32. The molecule has 1 N–H and O–H groups in total. The van der Waals surface area contributed by atoms with Crippen LogP contribution in [-0.4, -0.2) is 89.4 Å². The van der Waals surface area contributed by atoms with Gasteiger partial charge in [-0.2, -0.15) is 0 Å². The third-order valence-corrected chi connectivity index (χ3v) is 4.51. The van der Waals surface area contributed by atoms with Crippen molar-refractivity contribution in [3.05, 3.63) is 18.1 Å². The van der Waals surface area contributed by atoms with Gasteiger partial charge in [0.25, 0.3) is 0 Å². The molecule has 25 heavy (non-hydrogen) atoms. The molecule has 2 fully saturated rings. The Morgan fingerprint density at radius 1 is 1.16 bits per heavy atom. The molecular weight excluding hydrogens is 326 g/mol. The van der Waals surface area contributed by atoms with Crippen molar-refractivity contribution in [2.45, 2.75) is 6.92 Å². The SMILES string of the molecule is Cc1nccc(N2CCN(C(=O)N3CCOCC3)C[C@@H](C(=O)O)C2)n1. The molecule has 0 radical (unpaired) electrons. The first-order chi connectivity index (χ1) is 12.0. The maximum atomic E-state index is 12.7. The normalized spacial score (nSPS) is 21.8. The van der Waals surface area contributed by atoms with E-state index in [4.69, 9.17) is 4.74 Å². The number of nitrogens with zero attached hydrogens (tertiary/aromatic N) is 5. The molecule has 1 aromatic heterocycles. The summed E-state index contributed by atoms with van der Waals surface area (Å²) in [5.41, 5.74) is 0. The van der Waals surface area contributed by atoms with Gasteiger partial charge in [-0.3, -0.25) is 4.79 Å². The number of carboxylic acid groups (broad SMARTS) is 1. The number of hydrogen-bond acceptors (Lipinski definition) is 6. The van der Waals surface area contributed by atoms with E-state index in [0.29, 0.717) is 57.6 Å². The molecule has 1 atom stereocenters. The van der Waals surface area contributed by atoms with E-state index in [1.54, 1.807) is 29.0 Å². The van der Waals surface area contributed by atoms with Crippen molar-refractivity contribution in [3.8, 4) is 0 Å². The predicted octanol–water partition coefficient (Wildman–Crippen LogP) is 0.0600. The molecular formula is C16H23N5O4. The van der Waals surface area contributed by atoms with E-state index in [1.807, 2.05) is 4.90 Å². The number of carbonyl (C=O) groups is 2. The van der Waals surface area contributed by atoms with Crippen LogP contribution in [0.15, 0.2) is 12.3 Å². The average Bonchev–Trinajstić information content (AvgIpc) is 2.85. The van der Waals surface area contributed by atoms with E-state index in [0.717, 1.165) is 0 Å². The Morgan fingerprint density at radius 3 is 2.60 bits per heavy atom. The fourth-order valence-electron chi connectivity index (χ4n) is 3.13. The summed E-state index contributed by atoms with van der Waals surface area (Å²) in [6, 6.07) is 1.65. The summed E-state index contributed by atoms with van der Waals surface area (Å²) in [5, 5.41) is 9.56. The molecule has 0 saturated carbocycles. The molecule has 2 aliphatic rings. The van der Waals surface area contributed by atoms with Crippen LogP contribution in [0, 0.1) is 12.8 Å². The fourth-order valence-corrected chi connectivity index (χ4v) is 3.13. The molecule has 0 spiro atoms. The van der Waals surface area contributed by atoms with Gasteiger partial charge < -0.3 is 24.5 Å². The van der Waals surface area contributed by atoms with Crippen LogP contribution < -0.4 is 4.90 Å². The predicted molar refractivity (Wildman–Crippen MR) is 89.5 cm³/mol. The van der Waals surface area contributed by atoms with Crippen LogP contribution in [-0.2, 0) is 9.53 Å². The number of urea groups is 1. The largest absolute Gasteiger partial charge is 0.481 e. The van der Waals surface area contributed by atoms with Crippen molar-refractivity contribution in [1.29, 1.82) is 0 Å². The monoisotopic (exact) mass is 349 g/mol. The number of aryl methyl sites for hydroxylation is 1. The van der Waals surface area contributed by atoms with Crippen LogP contribution in [0.3, 0.4) is 0 Å². The van der Waals surface area contributed by atoms with Gasteiger partial charge in [-0.05, 0) is 13.0 Å². The molecule has 2 aliphatic heterocycles. The van der Waals surface area contributed by atoms with Gasteiger partial charge in [-0.1, -0.05) is 0 Å². The molecule has 0 bridgehead atoms. The summed E-state index contributed by atoms with van der Waals surface area (Å²) in [6.07, 6.45) is 1.66. The second-order valence-corrected chi connectivity index (χ2v) is 6.27. The number of amides is 2. The molecule has 1 aromatic rings. The van der Waals surface area contributed by atoms with Crippen LogP contribution in [0.2, 0.25) is 0 Å². The van der Waals surface area contributed by atoms with Gasteiger partial charge in [-0.15, -0.1) is 0 Å². The second-order valence-electron chi connectivity index (χ2n) is 6.27. The summed E-state index contributed by atoms with van der Waals surface area (Å²) < 4.78 is 5.28. The van der Waals surface area contributed by atoms with Crippen molar-refractivity contribution in [3.63, 3.8) is 0 Å². The molecule has 3 heterocycles. The minimum atomic E-state index is -0.905. The zero-order valence-corrected chi connectivity index (χ0v) is 14.3. The Bertz CT molecular complexity index is 635. The first-order valence-corrected chi connectivity index (χ1v) is 8.43. The summed E-state index contributed by atoms with van der Waals surface area (Å²) in [5.74, 6) is -0.241. The number of rotatable bonds is 2. The highest BCUT2D eigenvalue weighted by molar-refractivity contribution is 5.77. The third kappa shape index (κ3) is 4.16. The van der Waals surface area contributed by atoms with E-state index >= 15 is 0 Å². The number of carbonyl (C=O) groups excluding carboxylic acids is 1. The number of ether oxygens (including phenoxy) is 1. The van der Waals surface area contributed by atoms with E-state index < -0.39 is 11.9 Å². The Labute approximate surface area is 146 Å². The van der Waals surface area contributed by atoms with E-state index in [1.165, 1.54) is 0 Å². The lowest BCUT2D eigenvalue weighted by Gasteiger charge is -2.32. The maximum Gasteiger partial charge on any atom is 0.320 e. The second kappa shape index (κ2) is 7.64. The summed E-state index contributed by atoms with van der Waals surface area (Å²) in [6.45, 7) is 5.45. The lowest BCUT2D eigenvalue weighted by Crippen LogP contribution is -2.50. The lowest BCUT2D eigenvalue weighted by molar-refractivity contribution is -0.141. The molecule has 3 rings (SSSR count). The zero-order chi connectivity index (χ0) is 17.8. The number of aromatic nitrogens is 2. The fraction of sp³-hybridized carbons (Fsp3) is 0.625. The topological polar surface area (TPSA) is 99.1 Å². The Hall–Kier alpha value is -2.42. The number of aliphatic carboxylic acids is 1. The average molecular weight is 349 g/mol. The molecule has 0 unspecified atom stereocenters. The minimum Gasteiger partial charge on any atom is -0.481 e. The highest BCUT2D eigenvalue weighted by Crippen LogP contribution is 2.18. The van der Waals surface area contributed by atoms with Crippen LogP contribution in [0.25, 0.3) is 0 Å². The van der Waals surface area contributed by atoms with Crippen molar-refractivity contribution in [1.82, 2.24) is 19.8 Å². The standard InChI is InChI=1S/C16H23N5O4/c1-12-17-3-2-14(18-12)20-4-5-21(11-13(10-20)15(22)23)16(24)19-6-8-25-9-7-19/h2-3,13H,4-11H2,1H3,(H,22,23)/t13-/m0/s1. The molecule has 2 saturated heterocycles. The van der Waals surface area contributed by atoms with Gasteiger partial charge in [0.05, 0.1) is 19.1 Å². The van der Waals surface area contributed by atoms with Crippen molar-refractivity contribution >= 4 is 17.8 Å². The molecule has 9 nitrogen and oxygen atoms in total. The van der Waals surface area contributed by atoms with Crippen LogP contribution >= 0.6 is 0 Å². The third-order valence-electron chi connectivity index (χ3n) is 4.51. The Kier molecular flexibility index (Phi) is 5.32. The zero-order valence-electron chi connectivity index (χ0n) is 14.3. The molecule has 2 amide bonds. The summed E-state index contributed by atoms with van der Waals surface area (Å²) in [7, 11) is 0. The number of anilines is 1. The summed E-state index contributed by atoms with van der Waals surface area (Å²) in [4.78, 5) is 38.1. The molecule has 136 valence electrons. The summed E-state index contributed by atoms with van der Waals surface area (Å²) >= 11 is 0. The van der Waals surface area contributed by atoms with Crippen molar-refractivity contribution in [2.75, 3.05) is 57.4 Å². The van der Waals surface area contributed by atoms with E-state index in [9.17, 15) is 14.7 Å². The first-order valence-electron chi connectivity index (χ1n) is 8.43. The smallest absolute Gasteiger partial charge is 0.320 e. The highest BCUT2D eigenvalue weighted by atomic mass is 16.5. The molecule has 0 aromatic carbocycles. The van der Waals surface area contributed by atoms with Crippen LogP contribution in [0.1, 0.15) is 5.82 Å². The maximum absolute atomic E-state index is 12.7. The minimum absolute atomic E-state index is 0.115. The van der Waals surface area contributed by atoms with Crippen molar-refractivity contribution in [2.24, 2.45) is 5.92 Å². The van der Waals surface area contributed by atoms with Gasteiger partial charge >= 0.3 is 12.0 Å². The van der Waals surface area contributed by atoms with Crippen LogP contribution in [0.5, 0.6) is 0 Å². The number of carboxylic acids is 1. The van der Waals surface area contributed by atoms with E-state index in [2.05, 4.69) is 9.97 Å².